The first-order chi connectivity index (χ1) is 12.8. The number of benzene rings is 2. The molecule has 1 saturated heterocycles. The predicted molar refractivity (Wildman–Crippen MR) is 108 cm³/mol. The van der Waals surface area contributed by atoms with E-state index in [9.17, 15) is 9.59 Å². The lowest BCUT2D eigenvalue weighted by Crippen LogP contribution is -2.42. The molecule has 0 atom stereocenters. The summed E-state index contributed by atoms with van der Waals surface area (Å²) in [4.78, 5) is 26.6. The van der Waals surface area contributed by atoms with E-state index in [4.69, 9.17) is 16.3 Å². The average molecular weight is 387 g/mol. The maximum absolute atomic E-state index is 12.7. The molecule has 1 aliphatic rings. The second-order valence-electron chi connectivity index (χ2n) is 7.17. The Morgan fingerprint density at radius 2 is 1.89 bits per heavy atom. The molecule has 1 heterocycles. The summed E-state index contributed by atoms with van der Waals surface area (Å²) in [5.41, 5.74) is 1.39. The minimum atomic E-state index is -1.08. The third-order valence-electron chi connectivity index (χ3n) is 4.56. The molecule has 2 aromatic rings. The van der Waals surface area contributed by atoms with Crippen LogP contribution in [-0.2, 0) is 9.59 Å². The highest BCUT2D eigenvalue weighted by Crippen LogP contribution is 2.29. The van der Waals surface area contributed by atoms with E-state index in [1.54, 1.807) is 43.0 Å². The molecule has 0 aliphatic carbocycles. The van der Waals surface area contributed by atoms with Crippen molar-refractivity contribution in [1.82, 2.24) is 0 Å². The standard InChI is InChI=1S/C21H23ClN2O3/c1-14-6-9-16(13-18(14)24-12-4-5-19(24)25)23-20(26)21(2,3)27-17-10-7-15(22)8-11-17/h6-11,13H,4-5,12H2,1-3H3,(H,23,26). The lowest BCUT2D eigenvalue weighted by Gasteiger charge is -2.26. The predicted octanol–water partition coefficient (Wildman–Crippen LogP) is 4.57. The van der Waals surface area contributed by atoms with Crippen molar-refractivity contribution in [3.63, 3.8) is 0 Å². The van der Waals surface area contributed by atoms with Crippen molar-refractivity contribution in [3.8, 4) is 5.75 Å². The number of anilines is 2. The molecule has 0 bridgehead atoms. The third kappa shape index (κ3) is 4.42. The van der Waals surface area contributed by atoms with Crippen molar-refractivity contribution in [2.45, 2.75) is 39.2 Å². The van der Waals surface area contributed by atoms with E-state index in [0.29, 0.717) is 29.4 Å². The molecule has 0 unspecified atom stereocenters. The number of nitrogens with one attached hydrogen (secondary N) is 1. The monoisotopic (exact) mass is 386 g/mol. The Bertz CT molecular complexity index is 862. The Labute approximate surface area is 164 Å². The number of amides is 2. The summed E-state index contributed by atoms with van der Waals surface area (Å²) in [5.74, 6) is 0.403. The summed E-state index contributed by atoms with van der Waals surface area (Å²) in [7, 11) is 0. The molecule has 142 valence electrons. The number of nitrogens with zero attached hydrogens (tertiary/aromatic N) is 1. The fourth-order valence-electron chi connectivity index (χ4n) is 3.01. The molecule has 1 N–H and O–H groups in total. The maximum atomic E-state index is 12.7. The van der Waals surface area contributed by atoms with Gasteiger partial charge in [-0.1, -0.05) is 17.7 Å². The number of halogens is 1. The van der Waals surface area contributed by atoms with E-state index in [2.05, 4.69) is 5.32 Å². The zero-order chi connectivity index (χ0) is 19.6. The van der Waals surface area contributed by atoms with Crippen LogP contribution in [0.5, 0.6) is 5.75 Å². The van der Waals surface area contributed by atoms with Gasteiger partial charge in [0, 0.05) is 29.4 Å². The Hall–Kier alpha value is -2.53. The molecular weight excluding hydrogens is 364 g/mol. The van der Waals surface area contributed by atoms with Crippen molar-refractivity contribution >= 4 is 34.8 Å². The first kappa shape index (κ1) is 19.2. The fourth-order valence-corrected chi connectivity index (χ4v) is 3.13. The molecule has 0 saturated carbocycles. The van der Waals surface area contributed by atoms with E-state index in [0.717, 1.165) is 17.7 Å². The molecule has 0 aromatic heterocycles. The highest BCUT2D eigenvalue weighted by Gasteiger charge is 2.30. The number of rotatable bonds is 5. The molecule has 1 aliphatic heterocycles. The SMILES string of the molecule is Cc1ccc(NC(=O)C(C)(C)Oc2ccc(Cl)cc2)cc1N1CCCC1=O. The highest BCUT2D eigenvalue weighted by atomic mass is 35.5. The van der Waals surface area contributed by atoms with Gasteiger partial charge in [0.05, 0.1) is 0 Å². The van der Waals surface area contributed by atoms with Gasteiger partial charge in [0.15, 0.2) is 5.60 Å². The maximum Gasteiger partial charge on any atom is 0.267 e. The second-order valence-corrected chi connectivity index (χ2v) is 7.61. The summed E-state index contributed by atoms with van der Waals surface area (Å²) in [6.07, 6.45) is 1.43. The average Bonchev–Trinajstić information content (AvgIpc) is 3.04. The van der Waals surface area contributed by atoms with Crippen LogP contribution in [0.1, 0.15) is 32.3 Å². The minimum absolute atomic E-state index is 0.118. The third-order valence-corrected chi connectivity index (χ3v) is 4.82. The van der Waals surface area contributed by atoms with Crippen LogP contribution in [0.25, 0.3) is 0 Å². The van der Waals surface area contributed by atoms with Gasteiger partial charge in [0.1, 0.15) is 5.75 Å². The molecule has 1 fully saturated rings. The van der Waals surface area contributed by atoms with Gasteiger partial charge in [-0.25, -0.2) is 0 Å². The number of hydrogen-bond acceptors (Lipinski definition) is 3. The van der Waals surface area contributed by atoms with E-state index in [-0.39, 0.29) is 11.8 Å². The highest BCUT2D eigenvalue weighted by molar-refractivity contribution is 6.30. The Morgan fingerprint density at radius 3 is 2.52 bits per heavy atom. The van der Waals surface area contributed by atoms with Crippen LogP contribution >= 0.6 is 11.6 Å². The molecule has 2 amide bonds. The largest absolute Gasteiger partial charge is 0.478 e. The first-order valence-corrected chi connectivity index (χ1v) is 9.31. The van der Waals surface area contributed by atoms with Gasteiger partial charge < -0.3 is 15.0 Å². The van der Waals surface area contributed by atoms with Gasteiger partial charge in [-0.15, -0.1) is 0 Å². The second kappa shape index (κ2) is 7.61. The van der Waals surface area contributed by atoms with Crippen LogP contribution in [0, 0.1) is 6.92 Å². The number of hydrogen-bond donors (Lipinski definition) is 1. The molecule has 0 radical (unpaired) electrons. The number of carbonyl (C=O) groups excluding carboxylic acids is 2. The van der Waals surface area contributed by atoms with E-state index in [1.165, 1.54) is 0 Å². The summed E-state index contributed by atoms with van der Waals surface area (Å²) in [6, 6.07) is 12.4. The van der Waals surface area contributed by atoms with E-state index >= 15 is 0 Å². The number of aryl methyl sites for hydroxylation is 1. The van der Waals surface area contributed by atoms with Crippen molar-refractivity contribution in [3.05, 3.63) is 53.1 Å². The van der Waals surface area contributed by atoms with Crippen LogP contribution in [0.4, 0.5) is 11.4 Å². The zero-order valence-electron chi connectivity index (χ0n) is 15.7. The van der Waals surface area contributed by atoms with Crippen molar-refractivity contribution < 1.29 is 14.3 Å². The van der Waals surface area contributed by atoms with Crippen LogP contribution in [0.15, 0.2) is 42.5 Å². The minimum Gasteiger partial charge on any atom is -0.478 e. The van der Waals surface area contributed by atoms with Gasteiger partial charge in [0.25, 0.3) is 5.91 Å². The number of ether oxygens (including phenoxy) is 1. The van der Waals surface area contributed by atoms with E-state index in [1.807, 2.05) is 25.1 Å². The van der Waals surface area contributed by atoms with Crippen LogP contribution in [-0.4, -0.2) is 24.0 Å². The van der Waals surface area contributed by atoms with Crippen molar-refractivity contribution in [2.75, 3.05) is 16.8 Å². The zero-order valence-corrected chi connectivity index (χ0v) is 16.5. The summed E-state index contributed by atoms with van der Waals surface area (Å²) in [5, 5.41) is 3.50. The van der Waals surface area contributed by atoms with Crippen LogP contribution in [0.3, 0.4) is 0 Å². The molecule has 0 spiro atoms. The van der Waals surface area contributed by atoms with Gasteiger partial charge in [-0.2, -0.15) is 0 Å². The summed E-state index contributed by atoms with van der Waals surface area (Å²) >= 11 is 5.88. The van der Waals surface area contributed by atoms with Crippen molar-refractivity contribution in [1.29, 1.82) is 0 Å². The molecule has 3 rings (SSSR count). The van der Waals surface area contributed by atoms with E-state index < -0.39 is 5.60 Å². The molecule has 27 heavy (non-hydrogen) atoms. The normalized spacial score (nSPS) is 14.4. The fraction of sp³-hybridized carbons (Fsp3) is 0.333. The lowest BCUT2D eigenvalue weighted by molar-refractivity contribution is -0.128. The van der Waals surface area contributed by atoms with Gasteiger partial charge in [-0.05, 0) is 69.2 Å². The Balaban J connectivity index is 1.74. The lowest BCUT2D eigenvalue weighted by atomic mass is 10.1. The smallest absolute Gasteiger partial charge is 0.267 e. The van der Waals surface area contributed by atoms with Gasteiger partial charge in [-0.3, -0.25) is 9.59 Å². The van der Waals surface area contributed by atoms with Crippen LogP contribution in [0.2, 0.25) is 5.02 Å². The number of carbonyl (C=O) groups is 2. The Morgan fingerprint density at radius 1 is 1.19 bits per heavy atom. The summed E-state index contributed by atoms with van der Waals surface area (Å²) < 4.78 is 5.83. The molecule has 6 heteroatoms. The molecule has 2 aromatic carbocycles. The van der Waals surface area contributed by atoms with Gasteiger partial charge >= 0.3 is 0 Å². The molecule has 5 nitrogen and oxygen atoms in total. The first-order valence-electron chi connectivity index (χ1n) is 8.93. The quantitative estimate of drug-likeness (QED) is 0.818. The Kier molecular flexibility index (Phi) is 5.42. The summed E-state index contributed by atoms with van der Waals surface area (Å²) in [6.45, 7) is 6.08. The van der Waals surface area contributed by atoms with Crippen molar-refractivity contribution in [2.24, 2.45) is 0 Å². The van der Waals surface area contributed by atoms with Crippen LogP contribution < -0.4 is 15.0 Å². The van der Waals surface area contributed by atoms with Gasteiger partial charge in [0.2, 0.25) is 5.91 Å². The molecular formula is C21H23ClN2O3. The topological polar surface area (TPSA) is 58.6 Å².